The predicted molar refractivity (Wildman–Crippen MR) is 118 cm³/mol. The van der Waals surface area contributed by atoms with Crippen molar-refractivity contribution >= 4 is 29.9 Å². The Morgan fingerprint density at radius 3 is 2.85 bits per heavy atom. The Bertz CT molecular complexity index is 753. The molecular formula is C20H29IN6. The Labute approximate surface area is 178 Å². The van der Waals surface area contributed by atoms with E-state index in [1.807, 2.05) is 4.68 Å². The van der Waals surface area contributed by atoms with Gasteiger partial charge in [-0.3, -0.25) is 4.99 Å². The molecule has 1 saturated carbocycles. The summed E-state index contributed by atoms with van der Waals surface area (Å²) in [7, 11) is 0. The maximum atomic E-state index is 4.93. The largest absolute Gasteiger partial charge is 0.357 e. The molecule has 0 radical (unpaired) electrons. The van der Waals surface area contributed by atoms with Crippen molar-refractivity contribution in [1.29, 1.82) is 0 Å². The summed E-state index contributed by atoms with van der Waals surface area (Å²) in [4.78, 5) is 9.23. The van der Waals surface area contributed by atoms with Crippen molar-refractivity contribution < 1.29 is 0 Å². The van der Waals surface area contributed by atoms with Crippen molar-refractivity contribution in [3.05, 3.63) is 48.0 Å². The van der Waals surface area contributed by atoms with Crippen LogP contribution in [0.4, 0.5) is 0 Å². The number of nitrogens with one attached hydrogen (secondary N) is 2. The Hall–Kier alpha value is -1.64. The van der Waals surface area contributed by atoms with Crippen molar-refractivity contribution in [3.8, 4) is 0 Å². The SMILES string of the molecule is CCNC(=NCC1(Cc2ccccc2)CC1)NC1CCc2ncnn2C1.I. The Balaban J connectivity index is 0.00000210. The molecule has 1 atom stereocenters. The summed E-state index contributed by atoms with van der Waals surface area (Å²) in [6.45, 7) is 4.73. The number of benzene rings is 1. The number of hydrogen-bond acceptors (Lipinski definition) is 3. The van der Waals surface area contributed by atoms with E-state index in [0.717, 1.165) is 50.7 Å². The average Bonchev–Trinajstić information content (AvgIpc) is 3.25. The van der Waals surface area contributed by atoms with Gasteiger partial charge in [0.25, 0.3) is 0 Å². The molecule has 0 saturated heterocycles. The molecule has 6 nitrogen and oxygen atoms in total. The lowest BCUT2D eigenvalue weighted by atomic mass is 9.97. The number of nitrogens with zero attached hydrogens (tertiary/aromatic N) is 4. The molecule has 7 heteroatoms. The highest BCUT2D eigenvalue weighted by Gasteiger charge is 2.42. The van der Waals surface area contributed by atoms with Gasteiger partial charge in [0.1, 0.15) is 12.2 Å². The molecule has 0 bridgehead atoms. The molecule has 1 unspecified atom stereocenters. The number of aliphatic imine (C=N–C) groups is 1. The molecule has 1 aliphatic carbocycles. The van der Waals surface area contributed by atoms with Crippen LogP contribution in [0.3, 0.4) is 0 Å². The lowest BCUT2D eigenvalue weighted by Gasteiger charge is -2.25. The van der Waals surface area contributed by atoms with Gasteiger partial charge in [-0.25, -0.2) is 9.67 Å². The topological polar surface area (TPSA) is 67.1 Å². The third-order valence-corrected chi connectivity index (χ3v) is 5.44. The maximum absolute atomic E-state index is 4.93. The van der Waals surface area contributed by atoms with Gasteiger partial charge >= 0.3 is 0 Å². The average molecular weight is 480 g/mol. The van der Waals surface area contributed by atoms with Gasteiger partial charge in [0.15, 0.2) is 5.96 Å². The first-order valence-corrected chi connectivity index (χ1v) is 9.72. The van der Waals surface area contributed by atoms with E-state index >= 15 is 0 Å². The summed E-state index contributed by atoms with van der Waals surface area (Å²) in [6.07, 6.45) is 7.36. The Kier molecular flexibility index (Phi) is 6.73. The summed E-state index contributed by atoms with van der Waals surface area (Å²) in [5.41, 5.74) is 1.78. The highest BCUT2D eigenvalue weighted by atomic mass is 127. The zero-order chi connectivity index (χ0) is 17.8. The van der Waals surface area contributed by atoms with Crippen molar-refractivity contribution in [3.63, 3.8) is 0 Å². The van der Waals surface area contributed by atoms with E-state index in [1.54, 1.807) is 6.33 Å². The fourth-order valence-electron chi connectivity index (χ4n) is 3.71. The number of hydrogen-bond donors (Lipinski definition) is 2. The quantitative estimate of drug-likeness (QED) is 0.379. The van der Waals surface area contributed by atoms with E-state index < -0.39 is 0 Å². The van der Waals surface area contributed by atoms with E-state index in [2.05, 4.69) is 58.0 Å². The van der Waals surface area contributed by atoms with Crippen LogP contribution in [0, 0.1) is 5.41 Å². The van der Waals surface area contributed by atoms with Crippen molar-refractivity contribution in [2.24, 2.45) is 10.4 Å². The zero-order valence-corrected chi connectivity index (χ0v) is 18.2. The minimum atomic E-state index is 0. The molecule has 1 aromatic heterocycles. The second-order valence-electron chi connectivity index (χ2n) is 7.60. The van der Waals surface area contributed by atoms with Gasteiger partial charge in [-0.1, -0.05) is 30.3 Å². The van der Waals surface area contributed by atoms with E-state index in [1.165, 1.54) is 18.4 Å². The second kappa shape index (κ2) is 9.03. The number of fused-ring (bicyclic) bond motifs is 1. The molecule has 4 rings (SSSR count). The highest BCUT2D eigenvalue weighted by Crippen LogP contribution is 2.48. The smallest absolute Gasteiger partial charge is 0.191 e. The molecule has 1 aliphatic heterocycles. The lowest BCUT2D eigenvalue weighted by molar-refractivity contribution is 0.392. The lowest BCUT2D eigenvalue weighted by Crippen LogP contribution is -2.47. The molecule has 1 aromatic carbocycles. The fraction of sp³-hybridized carbons (Fsp3) is 0.550. The van der Waals surface area contributed by atoms with Crippen molar-refractivity contribution in [2.45, 2.75) is 51.6 Å². The van der Waals surface area contributed by atoms with Gasteiger partial charge in [-0.2, -0.15) is 5.10 Å². The van der Waals surface area contributed by atoms with Gasteiger partial charge in [-0.15, -0.1) is 24.0 Å². The molecule has 2 aromatic rings. The van der Waals surface area contributed by atoms with Crippen molar-refractivity contribution in [2.75, 3.05) is 13.1 Å². The standard InChI is InChI=1S/C20H28N6.HI/c1-2-21-19(25-17-8-9-18-23-15-24-26(18)13-17)22-14-20(10-11-20)12-16-6-4-3-5-7-16;/h3-7,15,17H,2,8-14H2,1H3,(H2,21,22,25);1H. The van der Waals surface area contributed by atoms with E-state index in [9.17, 15) is 0 Å². The molecule has 0 amide bonds. The van der Waals surface area contributed by atoms with Crippen LogP contribution in [0.15, 0.2) is 41.7 Å². The summed E-state index contributed by atoms with van der Waals surface area (Å²) < 4.78 is 2.00. The first-order valence-electron chi connectivity index (χ1n) is 9.72. The molecule has 2 aliphatic rings. The fourth-order valence-corrected chi connectivity index (χ4v) is 3.71. The summed E-state index contributed by atoms with van der Waals surface area (Å²) in [5.74, 6) is 2.02. The van der Waals surface area contributed by atoms with E-state index in [4.69, 9.17) is 4.99 Å². The third-order valence-electron chi connectivity index (χ3n) is 5.44. The van der Waals surface area contributed by atoms with Crippen LogP contribution in [0.1, 0.15) is 37.6 Å². The number of halogens is 1. The van der Waals surface area contributed by atoms with Crippen LogP contribution in [-0.2, 0) is 19.4 Å². The van der Waals surface area contributed by atoms with Gasteiger partial charge in [-0.05, 0) is 43.6 Å². The number of guanidine groups is 1. The summed E-state index contributed by atoms with van der Waals surface area (Å²) in [5, 5.41) is 11.3. The van der Waals surface area contributed by atoms with Crippen LogP contribution in [0.5, 0.6) is 0 Å². The highest BCUT2D eigenvalue weighted by molar-refractivity contribution is 14.0. The Morgan fingerprint density at radius 1 is 1.30 bits per heavy atom. The molecular weight excluding hydrogens is 451 g/mol. The minimum Gasteiger partial charge on any atom is -0.357 e. The minimum absolute atomic E-state index is 0. The molecule has 2 heterocycles. The first-order chi connectivity index (χ1) is 12.8. The van der Waals surface area contributed by atoms with Gasteiger partial charge in [0, 0.05) is 25.6 Å². The van der Waals surface area contributed by atoms with Crippen LogP contribution >= 0.6 is 24.0 Å². The van der Waals surface area contributed by atoms with Crippen LogP contribution < -0.4 is 10.6 Å². The summed E-state index contributed by atoms with van der Waals surface area (Å²) in [6, 6.07) is 11.1. The molecule has 2 N–H and O–H groups in total. The normalized spacial score (nSPS) is 20.3. The Morgan fingerprint density at radius 2 is 2.11 bits per heavy atom. The number of rotatable bonds is 6. The first kappa shape index (κ1) is 20.1. The van der Waals surface area contributed by atoms with Gasteiger partial charge < -0.3 is 10.6 Å². The van der Waals surface area contributed by atoms with Gasteiger partial charge in [0.05, 0.1) is 6.54 Å². The third kappa shape index (κ3) is 5.21. The number of aromatic nitrogens is 3. The van der Waals surface area contributed by atoms with E-state index in [0.29, 0.717) is 11.5 Å². The molecule has 1 fully saturated rings. The van der Waals surface area contributed by atoms with Crippen LogP contribution in [0.2, 0.25) is 0 Å². The predicted octanol–water partition coefficient (Wildman–Crippen LogP) is 2.79. The molecule has 27 heavy (non-hydrogen) atoms. The van der Waals surface area contributed by atoms with Gasteiger partial charge in [0.2, 0.25) is 0 Å². The second-order valence-corrected chi connectivity index (χ2v) is 7.60. The van der Waals surface area contributed by atoms with Crippen molar-refractivity contribution in [1.82, 2.24) is 25.4 Å². The molecule has 0 spiro atoms. The maximum Gasteiger partial charge on any atom is 0.191 e. The van der Waals surface area contributed by atoms with Crippen LogP contribution in [-0.4, -0.2) is 39.9 Å². The summed E-state index contributed by atoms with van der Waals surface area (Å²) >= 11 is 0. The van der Waals surface area contributed by atoms with Crippen LogP contribution in [0.25, 0.3) is 0 Å². The molecule has 146 valence electrons. The number of aryl methyl sites for hydroxylation is 1. The monoisotopic (exact) mass is 480 g/mol. The zero-order valence-electron chi connectivity index (χ0n) is 15.9. The van der Waals surface area contributed by atoms with E-state index in [-0.39, 0.29) is 24.0 Å².